The smallest absolute Gasteiger partial charge is 0.0492 e. The average Bonchev–Trinajstić information content (AvgIpc) is 2.87. The van der Waals surface area contributed by atoms with Crippen molar-refractivity contribution >= 4 is 31.9 Å². The van der Waals surface area contributed by atoms with Crippen LogP contribution in [-0.4, -0.2) is 16.3 Å². The first kappa shape index (κ1) is 16.7. The van der Waals surface area contributed by atoms with E-state index in [0.29, 0.717) is 6.04 Å². The van der Waals surface area contributed by atoms with Crippen LogP contribution in [0.3, 0.4) is 0 Å². The minimum Gasteiger partial charge on any atom is -0.310 e. The molecule has 1 aromatic carbocycles. The van der Waals surface area contributed by atoms with Crippen LogP contribution in [0.25, 0.3) is 0 Å². The Morgan fingerprint density at radius 3 is 2.76 bits per heavy atom. The van der Waals surface area contributed by atoms with E-state index in [1.807, 2.05) is 17.9 Å². The van der Waals surface area contributed by atoms with Crippen molar-refractivity contribution in [1.82, 2.24) is 15.1 Å². The van der Waals surface area contributed by atoms with Gasteiger partial charge in [-0.05, 0) is 55.6 Å². The fraction of sp³-hybridized carbons (Fsp3) is 0.438. The maximum absolute atomic E-state index is 4.24. The Bertz CT molecular complexity index is 581. The Hall–Kier alpha value is -0.650. The van der Waals surface area contributed by atoms with Gasteiger partial charge in [-0.15, -0.1) is 0 Å². The monoisotopic (exact) mass is 413 g/mol. The van der Waals surface area contributed by atoms with Crippen molar-refractivity contribution < 1.29 is 0 Å². The summed E-state index contributed by atoms with van der Waals surface area (Å²) in [7, 11) is 2.00. The van der Waals surface area contributed by atoms with Gasteiger partial charge in [0.25, 0.3) is 0 Å². The van der Waals surface area contributed by atoms with Crippen LogP contribution in [0.2, 0.25) is 0 Å². The fourth-order valence-corrected chi connectivity index (χ4v) is 3.31. The minimum atomic E-state index is 0.340. The summed E-state index contributed by atoms with van der Waals surface area (Å²) in [4.78, 5) is 0. The molecule has 1 unspecified atom stereocenters. The van der Waals surface area contributed by atoms with Crippen LogP contribution in [-0.2, 0) is 13.5 Å². The molecule has 1 heterocycles. The average molecular weight is 415 g/mol. The first-order valence-electron chi connectivity index (χ1n) is 7.27. The predicted octanol–water partition coefficient (Wildman–Crippen LogP) is 4.62. The van der Waals surface area contributed by atoms with E-state index in [4.69, 9.17) is 0 Å². The zero-order valence-corrected chi connectivity index (χ0v) is 15.6. The van der Waals surface area contributed by atoms with Crippen LogP contribution in [0.1, 0.15) is 37.1 Å². The summed E-state index contributed by atoms with van der Waals surface area (Å²) in [6.45, 7) is 3.22. The van der Waals surface area contributed by atoms with E-state index < -0.39 is 0 Å². The van der Waals surface area contributed by atoms with Crippen LogP contribution < -0.4 is 5.32 Å². The van der Waals surface area contributed by atoms with E-state index in [0.717, 1.165) is 34.8 Å². The van der Waals surface area contributed by atoms with Gasteiger partial charge in [0, 0.05) is 33.9 Å². The lowest BCUT2D eigenvalue weighted by Crippen LogP contribution is -2.23. The summed E-state index contributed by atoms with van der Waals surface area (Å²) in [5.41, 5.74) is 2.57. The Kier molecular flexibility index (Phi) is 6.45. The highest BCUT2D eigenvalue weighted by Gasteiger charge is 2.15. The van der Waals surface area contributed by atoms with Gasteiger partial charge in [0.1, 0.15) is 0 Å². The molecular formula is C16H21Br2N3. The molecule has 5 heteroatoms. The molecule has 0 saturated heterocycles. The van der Waals surface area contributed by atoms with Crippen LogP contribution in [0.4, 0.5) is 0 Å². The van der Waals surface area contributed by atoms with Gasteiger partial charge in [-0.3, -0.25) is 4.68 Å². The van der Waals surface area contributed by atoms with E-state index in [2.05, 4.69) is 73.5 Å². The van der Waals surface area contributed by atoms with Gasteiger partial charge in [0.05, 0.1) is 0 Å². The zero-order chi connectivity index (χ0) is 15.2. The van der Waals surface area contributed by atoms with E-state index >= 15 is 0 Å². The highest BCUT2D eigenvalue weighted by molar-refractivity contribution is 9.11. The minimum absolute atomic E-state index is 0.340. The molecule has 0 saturated carbocycles. The maximum Gasteiger partial charge on any atom is 0.0492 e. The molecule has 0 fully saturated rings. The van der Waals surface area contributed by atoms with Crippen molar-refractivity contribution in [1.29, 1.82) is 0 Å². The van der Waals surface area contributed by atoms with Crippen molar-refractivity contribution in [3.05, 3.63) is 50.7 Å². The first-order valence-corrected chi connectivity index (χ1v) is 8.85. The molecular weight excluding hydrogens is 394 g/mol. The van der Waals surface area contributed by atoms with Gasteiger partial charge in [-0.1, -0.05) is 38.8 Å². The molecule has 0 aliphatic rings. The molecule has 1 N–H and O–H groups in total. The van der Waals surface area contributed by atoms with Gasteiger partial charge in [-0.2, -0.15) is 5.10 Å². The number of aromatic nitrogens is 2. The standard InChI is InChI=1S/C16H21Br2N3/c1-3-9-19-16(7-5-13-8-10-20-21(13)2)14-11-12(17)4-6-15(14)18/h4,6,8,10-11,16,19H,3,5,7,9H2,1-2H3. The third-order valence-corrected chi connectivity index (χ3v) is 4.80. The Morgan fingerprint density at radius 2 is 2.10 bits per heavy atom. The van der Waals surface area contributed by atoms with E-state index in [1.165, 1.54) is 11.3 Å². The van der Waals surface area contributed by atoms with E-state index in [1.54, 1.807) is 0 Å². The van der Waals surface area contributed by atoms with Gasteiger partial charge in [-0.25, -0.2) is 0 Å². The third-order valence-electron chi connectivity index (χ3n) is 3.59. The molecule has 0 aliphatic carbocycles. The van der Waals surface area contributed by atoms with E-state index in [9.17, 15) is 0 Å². The number of aryl methyl sites for hydroxylation is 2. The second-order valence-corrected chi connectivity index (χ2v) is 6.93. The summed E-state index contributed by atoms with van der Waals surface area (Å²) >= 11 is 7.25. The van der Waals surface area contributed by atoms with Crippen LogP contribution >= 0.6 is 31.9 Å². The molecule has 0 radical (unpaired) electrons. The first-order chi connectivity index (χ1) is 10.1. The summed E-state index contributed by atoms with van der Waals surface area (Å²) in [6, 6.07) is 8.79. The van der Waals surface area contributed by atoms with Gasteiger partial charge < -0.3 is 5.32 Å². The zero-order valence-electron chi connectivity index (χ0n) is 12.4. The number of hydrogen-bond donors (Lipinski definition) is 1. The fourth-order valence-electron chi connectivity index (χ4n) is 2.41. The van der Waals surface area contributed by atoms with Crippen LogP contribution in [0, 0.1) is 0 Å². The number of hydrogen-bond acceptors (Lipinski definition) is 2. The normalized spacial score (nSPS) is 12.6. The molecule has 2 aromatic rings. The van der Waals surface area contributed by atoms with Crippen LogP contribution in [0.15, 0.2) is 39.4 Å². The molecule has 0 aliphatic heterocycles. The summed E-state index contributed by atoms with van der Waals surface area (Å²) < 4.78 is 4.22. The lowest BCUT2D eigenvalue weighted by molar-refractivity contribution is 0.490. The lowest BCUT2D eigenvalue weighted by Gasteiger charge is -2.21. The molecule has 2 rings (SSSR count). The van der Waals surface area contributed by atoms with Gasteiger partial charge >= 0.3 is 0 Å². The van der Waals surface area contributed by atoms with Crippen molar-refractivity contribution in [3.63, 3.8) is 0 Å². The summed E-state index contributed by atoms with van der Waals surface area (Å²) in [6.07, 6.45) is 5.05. The maximum atomic E-state index is 4.24. The topological polar surface area (TPSA) is 29.9 Å². The predicted molar refractivity (Wildman–Crippen MR) is 94.4 cm³/mol. The Balaban J connectivity index is 2.13. The number of rotatable bonds is 7. The highest BCUT2D eigenvalue weighted by atomic mass is 79.9. The van der Waals surface area contributed by atoms with Crippen LogP contribution in [0.5, 0.6) is 0 Å². The van der Waals surface area contributed by atoms with Crippen molar-refractivity contribution in [2.75, 3.05) is 6.54 Å². The summed E-state index contributed by atoms with van der Waals surface area (Å²) in [5, 5.41) is 7.90. The van der Waals surface area contributed by atoms with Gasteiger partial charge in [0.2, 0.25) is 0 Å². The Morgan fingerprint density at radius 1 is 1.29 bits per heavy atom. The van der Waals surface area contributed by atoms with Crippen molar-refractivity contribution in [2.24, 2.45) is 7.05 Å². The molecule has 0 bridgehead atoms. The molecule has 1 atom stereocenters. The SMILES string of the molecule is CCCNC(CCc1ccnn1C)c1cc(Br)ccc1Br. The summed E-state index contributed by atoms with van der Waals surface area (Å²) in [5.74, 6) is 0. The number of benzene rings is 1. The number of nitrogens with zero attached hydrogens (tertiary/aromatic N) is 2. The second-order valence-electron chi connectivity index (χ2n) is 5.16. The molecule has 3 nitrogen and oxygen atoms in total. The van der Waals surface area contributed by atoms with Crippen molar-refractivity contribution in [2.45, 2.75) is 32.2 Å². The number of halogens is 2. The van der Waals surface area contributed by atoms with Crippen molar-refractivity contribution in [3.8, 4) is 0 Å². The number of nitrogens with one attached hydrogen (secondary N) is 1. The van der Waals surface area contributed by atoms with E-state index in [-0.39, 0.29) is 0 Å². The molecule has 21 heavy (non-hydrogen) atoms. The second kappa shape index (κ2) is 8.11. The lowest BCUT2D eigenvalue weighted by atomic mass is 10.0. The largest absolute Gasteiger partial charge is 0.310 e. The molecule has 0 spiro atoms. The highest BCUT2D eigenvalue weighted by Crippen LogP contribution is 2.29. The third kappa shape index (κ3) is 4.66. The van der Waals surface area contributed by atoms with Gasteiger partial charge in [0.15, 0.2) is 0 Å². The molecule has 114 valence electrons. The Labute approximate surface area is 143 Å². The quantitative estimate of drug-likeness (QED) is 0.716. The molecule has 1 aromatic heterocycles. The molecule has 0 amide bonds.